The average molecular weight is 261 g/mol. The Morgan fingerprint density at radius 1 is 1.20 bits per heavy atom. The molecule has 0 radical (unpaired) electrons. The summed E-state index contributed by atoms with van der Waals surface area (Å²) in [4.78, 5) is 15.8. The zero-order valence-corrected chi connectivity index (χ0v) is 10.7. The molecule has 0 saturated carbocycles. The molecule has 3 aromatic rings. The fourth-order valence-corrected chi connectivity index (χ4v) is 2.23. The first-order chi connectivity index (χ1) is 9.78. The first-order valence-electron chi connectivity index (χ1n) is 6.21. The van der Waals surface area contributed by atoms with Crippen LogP contribution in [-0.4, -0.2) is 9.55 Å². The van der Waals surface area contributed by atoms with Crippen LogP contribution in [0.3, 0.4) is 0 Å². The molecular weight excluding hydrogens is 250 g/mol. The molecule has 0 atom stereocenters. The van der Waals surface area contributed by atoms with Gasteiger partial charge >= 0.3 is 0 Å². The lowest BCUT2D eigenvalue weighted by Crippen LogP contribution is -2.08. The van der Waals surface area contributed by atoms with Gasteiger partial charge in [-0.25, -0.2) is 4.98 Å². The van der Waals surface area contributed by atoms with Crippen LogP contribution in [0.25, 0.3) is 10.9 Å². The first-order valence-corrected chi connectivity index (χ1v) is 6.21. The number of pyridine rings is 2. The molecule has 1 aromatic carbocycles. The summed E-state index contributed by atoms with van der Waals surface area (Å²) in [5.41, 5.74) is 2.28. The van der Waals surface area contributed by atoms with Crippen molar-refractivity contribution in [3.8, 4) is 6.07 Å². The number of benzene rings is 1. The van der Waals surface area contributed by atoms with E-state index in [4.69, 9.17) is 5.26 Å². The minimum atomic E-state index is 0.0179. The Kier molecular flexibility index (Phi) is 3.02. The Morgan fingerprint density at radius 2 is 2.05 bits per heavy atom. The van der Waals surface area contributed by atoms with Gasteiger partial charge in [-0.2, -0.15) is 5.26 Å². The van der Waals surface area contributed by atoms with E-state index in [0.717, 1.165) is 11.1 Å². The topological polar surface area (TPSA) is 58.7 Å². The minimum absolute atomic E-state index is 0.0179. The Balaban J connectivity index is 2.09. The second-order valence-electron chi connectivity index (χ2n) is 4.49. The van der Waals surface area contributed by atoms with E-state index in [0.29, 0.717) is 17.6 Å². The smallest absolute Gasteiger partial charge is 0.189 e. The lowest BCUT2D eigenvalue weighted by molar-refractivity contribution is 0.823. The Hall–Kier alpha value is -2.93. The number of aromatic nitrogens is 2. The van der Waals surface area contributed by atoms with Crippen molar-refractivity contribution in [2.75, 3.05) is 0 Å². The minimum Gasteiger partial charge on any atom is -0.343 e. The van der Waals surface area contributed by atoms with Crippen LogP contribution in [-0.2, 0) is 6.54 Å². The van der Waals surface area contributed by atoms with Crippen LogP contribution in [0.1, 0.15) is 11.3 Å². The molecule has 3 rings (SSSR count). The van der Waals surface area contributed by atoms with Gasteiger partial charge in [-0.05, 0) is 29.8 Å². The van der Waals surface area contributed by atoms with Crippen LogP contribution in [0.5, 0.6) is 0 Å². The van der Waals surface area contributed by atoms with Gasteiger partial charge < -0.3 is 4.57 Å². The highest BCUT2D eigenvalue weighted by Crippen LogP contribution is 2.12. The van der Waals surface area contributed by atoms with Crippen LogP contribution < -0.4 is 5.43 Å². The van der Waals surface area contributed by atoms with Crippen LogP contribution in [0.2, 0.25) is 0 Å². The van der Waals surface area contributed by atoms with Gasteiger partial charge in [0.2, 0.25) is 0 Å². The largest absolute Gasteiger partial charge is 0.343 e. The van der Waals surface area contributed by atoms with Crippen molar-refractivity contribution >= 4 is 10.9 Å². The molecule has 0 aliphatic heterocycles. The summed E-state index contributed by atoms with van der Waals surface area (Å²) in [6, 6.07) is 14.7. The van der Waals surface area contributed by atoms with Crippen LogP contribution in [0, 0.1) is 11.3 Å². The number of hydrogen-bond acceptors (Lipinski definition) is 3. The maximum atomic E-state index is 11.8. The number of rotatable bonds is 2. The fraction of sp³-hybridized carbons (Fsp3) is 0.0625. The van der Waals surface area contributed by atoms with Crippen molar-refractivity contribution in [3.63, 3.8) is 0 Å². The molecule has 0 N–H and O–H groups in total. The fourth-order valence-electron chi connectivity index (χ4n) is 2.23. The van der Waals surface area contributed by atoms with Crippen molar-refractivity contribution < 1.29 is 0 Å². The molecule has 2 aromatic heterocycles. The summed E-state index contributed by atoms with van der Waals surface area (Å²) in [6.45, 7) is 0.595. The van der Waals surface area contributed by atoms with E-state index < -0.39 is 0 Å². The molecule has 2 heterocycles. The number of hydrogen-bond donors (Lipinski definition) is 0. The standard InChI is InChI=1S/C16H11N3O/c17-10-13-9-12(5-7-18-13)11-19-8-6-16(20)14-3-1-2-4-15(14)19/h1-9H,11H2. The van der Waals surface area contributed by atoms with Crippen molar-refractivity contribution in [3.05, 3.63) is 76.3 Å². The van der Waals surface area contributed by atoms with Crippen molar-refractivity contribution in [1.29, 1.82) is 5.26 Å². The molecule has 0 amide bonds. The maximum absolute atomic E-state index is 11.8. The summed E-state index contributed by atoms with van der Waals surface area (Å²) in [7, 11) is 0. The summed E-state index contributed by atoms with van der Waals surface area (Å²) in [6.07, 6.45) is 3.40. The third-order valence-electron chi connectivity index (χ3n) is 3.18. The van der Waals surface area contributed by atoms with Crippen LogP contribution in [0.4, 0.5) is 0 Å². The lowest BCUT2D eigenvalue weighted by atomic mass is 10.2. The highest BCUT2D eigenvalue weighted by Gasteiger charge is 2.03. The quantitative estimate of drug-likeness (QED) is 0.711. The number of nitriles is 1. The van der Waals surface area contributed by atoms with Crippen LogP contribution in [0.15, 0.2) is 59.7 Å². The number of para-hydroxylation sites is 1. The summed E-state index contributed by atoms with van der Waals surface area (Å²) in [5.74, 6) is 0. The lowest BCUT2D eigenvalue weighted by Gasteiger charge is -2.10. The molecule has 4 heteroatoms. The van der Waals surface area contributed by atoms with Gasteiger partial charge in [-0.3, -0.25) is 4.79 Å². The predicted octanol–water partition coefficient (Wildman–Crippen LogP) is 2.32. The summed E-state index contributed by atoms with van der Waals surface area (Å²) < 4.78 is 1.99. The van der Waals surface area contributed by atoms with E-state index in [-0.39, 0.29) is 5.43 Å². The maximum Gasteiger partial charge on any atom is 0.189 e. The molecular formula is C16H11N3O. The van der Waals surface area contributed by atoms with E-state index in [1.54, 1.807) is 24.5 Å². The molecule has 0 fully saturated rings. The summed E-state index contributed by atoms with van der Waals surface area (Å²) >= 11 is 0. The second kappa shape index (κ2) is 4.98. The first kappa shape index (κ1) is 12.1. The summed E-state index contributed by atoms with van der Waals surface area (Å²) in [5, 5.41) is 9.57. The van der Waals surface area contributed by atoms with Gasteiger partial charge in [0.15, 0.2) is 5.43 Å². The SMILES string of the molecule is N#Cc1cc(Cn2ccc(=O)c3ccccc32)ccn1. The predicted molar refractivity (Wildman–Crippen MR) is 76.3 cm³/mol. The molecule has 4 nitrogen and oxygen atoms in total. The molecule has 0 saturated heterocycles. The molecule has 0 spiro atoms. The average Bonchev–Trinajstić information content (AvgIpc) is 2.51. The monoisotopic (exact) mass is 261 g/mol. The molecule has 0 bridgehead atoms. The second-order valence-corrected chi connectivity index (χ2v) is 4.49. The van der Waals surface area contributed by atoms with Gasteiger partial charge in [0, 0.05) is 30.4 Å². The normalized spacial score (nSPS) is 10.3. The van der Waals surface area contributed by atoms with Gasteiger partial charge in [0.05, 0.1) is 5.52 Å². The van der Waals surface area contributed by atoms with Crippen LogP contribution >= 0.6 is 0 Å². The number of fused-ring (bicyclic) bond motifs is 1. The van der Waals surface area contributed by atoms with Gasteiger partial charge in [0.25, 0.3) is 0 Å². The molecule has 0 unspecified atom stereocenters. The molecule has 0 aliphatic carbocycles. The van der Waals surface area contributed by atoms with E-state index in [1.165, 1.54) is 0 Å². The molecule has 0 aliphatic rings. The zero-order chi connectivity index (χ0) is 13.9. The van der Waals surface area contributed by atoms with Gasteiger partial charge in [-0.1, -0.05) is 12.1 Å². The third-order valence-corrected chi connectivity index (χ3v) is 3.18. The van der Waals surface area contributed by atoms with E-state index in [9.17, 15) is 4.79 Å². The van der Waals surface area contributed by atoms with Gasteiger partial charge in [-0.15, -0.1) is 0 Å². The molecule has 20 heavy (non-hydrogen) atoms. The zero-order valence-electron chi connectivity index (χ0n) is 10.7. The van der Waals surface area contributed by atoms with E-state index in [2.05, 4.69) is 4.98 Å². The van der Waals surface area contributed by atoms with E-state index in [1.807, 2.05) is 41.0 Å². The van der Waals surface area contributed by atoms with Crippen molar-refractivity contribution in [2.45, 2.75) is 6.54 Å². The number of nitrogens with zero attached hydrogens (tertiary/aromatic N) is 3. The molecule has 96 valence electrons. The Morgan fingerprint density at radius 3 is 2.90 bits per heavy atom. The highest BCUT2D eigenvalue weighted by molar-refractivity contribution is 5.78. The third kappa shape index (κ3) is 2.17. The van der Waals surface area contributed by atoms with Crippen molar-refractivity contribution in [2.24, 2.45) is 0 Å². The Bertz CT molecular complexity index is 875. The van der Waals surface area contributed by atoms with E-state index >= 15 is 0 Å². The van der Waals surface area contributed by atoms with Crippen molar-refractivity contribution in [1.82, 2.24) is 9.55 Å². The Labute approximate surface area is 115 Å². The highest BCUT2D eigenvalue weighted by atomic mass is 16.1. The van der Waals surface area contributed by atoms with Gasteiger partial charge in [0.1, 0.15) is 11.8 Å².